The van der Waals surface area contributed by atoms with Gasteiger partial charge in [-0.1, -0.05) is 12.1 Å². The van der Waals surface area contributed by atoms with E-state index >= 15 is 0 Å². The van der Waals surface area contributed by atoms with E-state index in [9.17, 15) is 4.79 Å². The van der Waals surface area contributed by atoms with Crippen LogP contribution >= 0.6 is 0 Å². The number of benzene rings is 1. The number of hydrogen-bond acceptors (Lipinski definition) is 4. The Balaban J connectivity index is 2.38. The lowest BCUT2D eigenvalue weighted by atomic mass is 10.1. The fourth-order valence-electron chi connectivity index (χ4n) is 1.90. The molecule has 1 unspecified atom stereocenters. The molecule has 1 N–H and O–H groups in total. The standard InChI is InChI=1S/C13H16N4O2/c1-8-4-5-11(6-9(8)2)13-14-15-16-17(13)10(3)7-12(18)19/h4-6,10H,7H2,1-3H3,(H,18,19). The Morgan fingerprint density at radius 3 is 2.74 bits per heavy atom. The van der Waals surface area contributed by atoms with Gasteiger partial charge >= 0.3 is 5.97 Å². The lowest BCUT2D eigenvalue weighted by Gasteiger charge is -2.11. The number of rotatable bonds is 4. The molecule has 0 amide bonds. The molecule has 0 aliphatic carbocycles. The van der Waals surface area contributed by atoms with Gasteiger partial charge in [0.05, 0.1) is 12.5 Å². The molecule has 0 spiro atoms. The number of hydrogen-bond donors (Lipinski definition) is 1. The molecule has 1 heterocycles. The molecule has 0 saturated heterocycles. The molecule has 6 nitrogen and oxygen atoms in total. The molecule has 1 atom stereocenters. The molecule has 2 aromatic rings. The largest absolute Gasteiger partial charge is 0.481 e. The number of carboxylic acid groups (broad SMARTS) is 1. The Hall–Kier alpha value is -2.24. The first kappa shape index (κ1) is 13.2. The molecule has 1 aromatic heterocycles. The van der Waals surface area contributed by atoms with Crippen molar-refractivity contribution in [3.63, 3.8) is 0 Å². The maximum atomic E-state index is 10.8. The molecule has 2 rings (SSSR count). The number of nitrogens with zero attached hydrogens (tertiary/aromatic N) is 4. The monoisotopic (exact) mass is 260 g/mol. The lowest BCUT2D eigenvalue weighted by Crippen LogP contribution is -2.13. The first-order valence-electron chi connectivity index (χ1n) is 6.06. The van der Waals surface area contributed by atoms with Gasteiger partial charge in [-0.3, -0.25) is 4.79 Å². The SMILES string of the molecule is Cc1ccc(-c2nnnn2C(C)CC(=O)O)cc1C. The van der Waals surface area contributed by atoms with E-state index in [4.69, 9.17) is 5.11 Å². The number of aryl methyl sites for hydroxylation is 2. The highest BCUT2D eigenvalue weighted by atomic mass is 16.4. The van der Waals surface area contributed by atoms with Crippen LogP contribution < -0.4 is 0 Å². The average Bonchev–Trinajstić information content (AvgIpc) is 2.81. The zero-order chi connectivity index (χ0) is 14.0. The summed E-state index contributed by atoms with van der Waals surface area (Å²) in [4.78, 5) is 10.8. The molecule has 0 radical (unpaired) electrons. The van der Waals surface area contributed by atoms with Crippen LogP contribution in [0.3, 0.4) is 0 Å². The van der Waals surface area contributed by atoms with Gasteiger partial charge in [-0.2, -0.15) is 0 Å². The van der Waals surface area contributed by atoms with Crippen LogP contribution in [-0.4, -0.2) is 31.3 Å². The Labute approximate surface area is 111 Å². The predicted molar refractivity (Wildman–Crippen MR) is 69.7 cm³/mol. The van der Waals surface area contributed by atoms with Crippen LogP contribution in [0.15, 0.2) is 18.2 Å². The molecule has 19 heavy (non-hydrogen) atoms. The van der Waals surface area contributed by atoms with Gasteiger partial charge in [-0.15, -0.1) is 5.10 Å². The quantitative estimate of drug-likeness (QED) is 0.909. The van der Waals surface area contributed by atoms with E-state index in [1.54, 1.807) is 11.6 Å². The van der Waals surface area contributed by atoms with Gasteiger partial charge in [0.25, 0.3) is 0 Å². The van der Waals surface area contributed by atoms with Crippen molar-refractivity contribution in [3.05, 3.63) is 29.3 Å². The van der Waals surface area contributed by atoms with Crippen LogP contribution in [0, 0.1) is 13.8 Å². The van der Waals surface area contributed by atoms with Gasteiger partial charge in [0.15, 0.2) is 5.82 Å². The Morgan fingerprint density at radius 1 is 1.37 bits per heavy atom. The number of aromatic nitrogens is 4. The van der Waals surface area contributed by atoms with Gasteiger partial charge in [-0.25, -0.2) is 4.68 Å². The second kappa shape index (κ2) is 5.17. The van der Waals surface area contributed by atoms with Crippen LogP contribution in [0.25, 0.3) is 11.4 Å². The maximum Gasteiger partial charge on any atom is 0.305 e. The van der Waals surface area contributed by atoms with Crippen LogP contribution in [0.5, 0.6) is 0 Å². The third-order valence-electron chi connectivity index (χ3n) is 3.15. The van der Waals surface area contributed by atoms with E-state index in [2.05, 4.69) is 15.5 Å². The van der Waals surface area contributed by atoms with Crippen molar-refractivity contribution in [1.82, 2.24) is 20.2 Å². The zero-order valence-electron chi connectivity index (χ0n) is 11.2. The lowest BCUT2D eigenvalue weighted by molar-refractivity contribution is -0.137. The summed E-state index contributed by atoms with van der Waals surface area (Å²) in [5, 5.41) is 20.4. The van der Waals surface area contributed by atoms with Gasteiger partial charge in [0.1, 0.15) is 0 Å². The number of tetrazole rings is 1. The van der Waals surface area contributed by atoms with Crippen LogP contribution in [0.1, 0.15) is 30.5 Å². The Kier molecular flexibility index (Phi) is 3.59. The van der Waals surface area contributed by atoms with Gasteiger partial charge < -0.3 is 5.11 Å². The van der Waals surface area contributed by atoms with E-state index in [-0.39, 0.29) is 12.5 Å². The molecule has 0 aliphatic heterocycles. The number of carboxylic acids is 1. The highest BCUT2D eigenvalue weighted by molar-refractivity contribution is 5.67. The van der Waals surface area contributed by atoms with Gasteiger partial charge in [-0.05, 0) is 48.4 Å². The fourth-order valence-corrected chi connectivity index (χ4v) is 1.90. The van der Waals surface area contributed by atoms with Crippen molar-refractivity contribution in [2.75, 3.05) is 0 Å². The maximum absolute atomic E-state index is 10.8. The minimum absolute atomic E-state index is 0.0110. The fraction of sp³-hybridized carbons (Fsp3) is 0.385. The normalized spacial score (nSPS) is 12.4. The van der Waals surface area contributed by atoms with Crippen molar-refractivity contribution in [2.45, 2.75) is 33.2 Å². The summed E-state index contributed by atoms with van der Waals surface area (Å²) < 4.78 is 1.55. The summed E-state index contributed by atoms with van der Waals surface area (Å²) in [5.41, 5.74) is 3.24. The molecular weight excluding hydrogens is 244 g/mol. The second-order valence-electron chi connectivity index (χ2n) is 4.69. The average molecular weight is 260 g/mol. The highest BCUT2D eigenvalue weighted by Crippen LogP contribution is 2.22. The third-order valence-corrected chi connectivity index (χ3v) is 3.15. The number of aliphatic carboxylic acids is 1. The summed E-state index contributed by atoms with van der Waals surface area (Å²) in [6, 6.07) is 5.67. The summed E-state index contributed by atoms with van der Waals surface area (Å²) in [6.45, 7) is 5.85. The number of carbonyl (C=O) groups is 1. The van der Waals surface area contributed by atoms with E-state index in [1.165, 1.54) is 5.56 Å². The molecule has 1 aromatic carbocycles. The minimum atomic E-state index is -0.867. The summed E-state index contributed by atoms with van der Waals surface area (Å²) in [5.74, 6) is -0.272. The van der Waals surface area contributed by atoms with Crippen molar-refractivity contribution < 1.29 is 9.90 Å². The summed E-state index contributed by atoms with van der Waals surface area (Å²) in [6.07, 6.45) is -0.0110. The first-order valence-corrected chi connectivity index (χ1v) is 6.06. The Morgan fingerprint density at radius 2 is 2.11 bits per heavy atom. The van der Waals surface area contributed by atoms with E-state index in [0.717, 1.165) is 11.1 Å². The molecule has 0 fully saturated rings. The first-order chi connectivity index (χ1) is 8.99. The van der Waals surface area contributed by atoms with E-state index in [0.29, 0.717) is 5.82 Å². The van der Waals surface area contributed by atoms with Crippen molar-refractivity contribution >= 4 is 5.97 Å². The van der Waals surface area contributed by atoms with Gasteiger partial charge in [0, 0.05) is 5.56 Å². The van der Waals surface area contributed by atoms with Crippen molar-refractivity contribution in [3.8, 4) is 11.4 Å². The molecule has 0 saturated carbocycles. The predicted octanol–water partition coefficient (Wildman–Crippen LogP) is 1.99. The summed E-state index contributed by atoms with van der Waals surface area (Å²) in [7, 11) is 0. The molecule has 0 bridgehead atoms. The smallest absolute Gasteiger partial charge is 0.305 e. The third kappa shape index (κ3) is 2.78. The van der Waals surface area contributed by atoms with E-state index < -0.39 is 5.97 Å². The van der Waals surface area contributed by atoms with Gasteiger partial charge in [0.2, 0.25) is 0 Å². The molecule has 100 valence electrons. The topological polar surface area (TPSA) is 80.9 Å². The molecular formula is C13H16N4O2. The minimum Gasteiger partial charge on any atom is -0.481 e. The van der Waals surface area contributed by atoms with Crippen LogP contribution in [0.2, 0.25) is 0 Å². The summed E-state index contributed by atoms with van der Waals surface area (Å²) >= 11 is 0. The Bertz CT molecular complexity index is 606. The van der Waals surface area contributed by atoms with Crippen molar-refractivity contribution in [2.24, 2.45) is 0 Å². The van der Waals surface area contributed by atoms with Crippen molar-refractivity contribution in [1.29, 1.82) is 0 Å². The van der Waals surface area contributed by atoms with Crippen LogP contribution in [0.4, 0.5) is 0 Å². The van der Waals surface area contributed by atoms with Crippen LogP contribution in [-0.2, 0) is 4.79 Å². The molecule has 6 heteroatoms. The zero-order valence-corrected chi connectivity index (χ0v) is 11.2. The highest BCUT2D eigenvalue weighted by Gasteiger charge is 2.17. The van der Waals surface area contributed by atoms with E-state index in [1.807, 2.05) is 32.0 Å². The molecule has 0 aliphatic rings. The second-order valence-corrected chi connectivity index (χ2v) is 4.69.